The first-order chi connectivity index (χ1) is 6.44. The van der Waals surface area contributed by atoms with Crippen molar-refractivity contribution in [2.24, 2.45) is 0 Å². The molecule has 0 bridgehead atoms. The fraction of sp³-hybridized carbons (Fsp3) is 0.429. The lowest BCUT2D eigenvalue weighted by Gasteiger charge is -2.04. The molecule has 0 aromatic carbocycles. The maximum absolute atomic E-state index is 11.1. The maximum atomic E-state index is 11.1. The summed E-state index contributed by atoms with van der Waals surface area (Å²) in [7, 11) is -3.34. The van der Waals surface area contributed by atoms with Gasteiger partial charge >= 0.3 is 0 Å². The Balaban J connectivity index is 2.94. The van der Waals surface area contributed by atoms with Gasteiger partial charge in [-0.15, -0.1) is 0 Å². The van der Waals surface area contributed by atoms with Crippen LogP contribution >= 0.6 is 11.6 Å². The van der Waals surface area contributed by atoms with Crippen LogP contribution in [0.3, 0.4) is 0 Å². The third kappa shape index (κ3) is 2.81. The average molecular weight is 236 g/mol. The first-order valence-electron chi connectivity index (χ1n) is 3.94. The van der Waals surface area contributed by atoms with E-state index in [4.69, 9.17) is 11.6 Å². The predicted molar refractivity (Wildman–Crippen MR) is 54.9 cm³/mol. The van der Waals surface area contributed by atoms with Crippen LogP contribution in [0.25, 0.3) is 0 Å². The Bertz CT molecular complexity index is 433. The predicted octanol–water partition coefficient (Wildman–Crippen LogP) is 1.20. The van der Waals surface area contributed by atoms with Crippen molar-refractivity contribution in [3.05, 3.63) is 16.9 Å². The van der Waals surface area contributed by atoms with Crippen molar-refractivity contribution >= 4 is 27.6 Å². The summed E-state index contributed by atoms with van der Waals surface area (Å²) in [5.74, 6) is -0.0237. The number of halogens is 1. The van der Waals surface area contributed by atoms with Crippen molar-refractivity contribution < 1.29 is 8.42 Å². The van der Waals surface area contributed by atoms with E-state index < -0.39 is 10.0 Å². The Morgan fingerprint density at radius 1 is 1.57 bits per heavy atom. The number of anilines is 1. The van der Waals surface area contributed by atoms with Crippen LogP contribution in [0, 0.1) is 6.92 Å². The molecule has 0 saturated carbocycles. The Kier molecular flexibility index (Phi) is 3.28. The van der Waals surface area contributed by atoms with Crippen molar-refractivity contribution in [2.45, 2.75) is 13.8 Å². The first kappa shape index (κ1) is 11.2. The van der Waals surface area contributed by atoms with E-state index in [2.05, 4.69) is 14.7 Å². The van der Waals surface area contributed by atoms with Crippen LogP contribution < -0.4 is 4.72 Å². The van der Waals surface area contributed by atoms with E-state index in [1.54, 1.807) is 6.92 Å². The fourth-order valence-electron chi connectivity index (χ4n) is 0.682. The van der Waals surface area contributed by atoms with Gasteiger partial charge in [0, 0.05) is 11.8 Å². The molecule has 0 saturated heterocycles. The Morgan fingerprint density at radius 3 is 2.71 bits per heavy atom. The molecule has 0 amide bonds. The monoisotopic (exact) mass is 235 g/mol. The smallest absolute Gasteiger partial charge is 0.237 e. The molecule has 0 fully saturated rings. The van der Waals surface area contributed by atoms with Crippen LogP contribution in [0.4, 0.5) is 5.95 Å². The molecule has 1 heterocycles. The van der Waals surface area contributed by atoms with Crippen molar-refractivity contribution in [3.8, 4) is 0 Å². The number of nitrogens with zero attached hydrogens (tertiary/aromatic N) is 2. The third-order valence-corrected chi connectivity index (χ3v) is 3.17. The molecule has 14 heavy (non-hydrogen) atoms. The van der Waals surface area contributed by atoms with Gasteiger partial charge in [-0.2, -0.15) is 0 Å². The molecule has 0 radical (unpaired) electrons. The molecule has 0 unspecified atom stereocenters. The first-order valence-corrected chi connectivity index (χ1v) is 5.97. The van der Waals surface area contributed by atoms with Crippen molar-refractivity contribution in [1.29, 1.82) is 0 Å². The zero-order chi connectivity index (χ0) is 10.8. The van der Waals surface area contributed by atoms with Gasteiger partial charge in [0.25, 0.3) is 0 Å². The highest BCUT2D eigenvalue weighted by atomic mass is 35.5. The number of aromatic nitrogens is 2. The molecule has 78 valence electrons. The number of rotatable bonds is 3. The minimum Gasteiger partial charge on any atom is -0.251 e. The summed E-state index contributed by atoms with van der Waals surface area (Å²) in [6.07, 6.45) is 1.46. The molecule has 5 nitrogen and oxygen atoms in total. The molecule has 0 aliphatic heterocycles. The number of nitrogens with one attached hydrogen (secondary N) is 1. The van der Waals surface area contributed by atoms with Crippen LogP contribution in [0.5, 0.6) is 0 Å². The van der Waals surface area contributed by atoms with E-state index >= 15 is 0 Å². The Hall–Kier alpha value is -0.880. The molecule has 1 N–H and O–H groups in total. The van der Waals surface area contributed by atoms with Gasteiger partial charge in [0.2, 0.25) is 16.0 Å². The molecule has 0 spiro atoms. The van der Waals surface area contributed by atoms with Crippen molar-refractivity contribution in [1.82, 2.24) is 9.97 Å². The zero-order valence-electron chi connectivity index (χ0n) is 7.78. The summed E-state index contributed by atoms with van der Waals surface area (Å²) in [5, 5.41) is 0.244. The molecular weight excluding hydrogens is 226 g/mol. The van der Waals surface area contributed by atoms with Gasteiger partial charge in [0.15, 0.2) is 0 Å². The Morgan fingerprint density at radius 2 is 2.21 bits per heavy atom. The minimum atomic E-state index is -3.34. The molecule has 1 rings (SSSR count). The number of aryl methyl sites for hydroxylation is 1. The van der Waals surface area contributed by atoms with Gasteiger partial charge in [-0.25, -0.2) is 18.4 Å². The van der Waals surface area contributed by atoms with E-state index in [0.717, 1.165) is 0 Å². The van der Waals surface area contributed by atoms with Crippen molar-refractivity contribution in [3.63, 3.8) is 0 Å². The van der Waals surface area contributed by atoms with Crippen molar-refractivity contribution in [2.75, 3.05) is 10.5 Å². The Labute approximate surface area is 87.6 Å². The standard InChI is InChI=1S/C7H10ClN3O2S/c1-3-14(12,13)11-7-9-4-5(2)6(8)10-7/h4H,3H2,1-2H3,(H,9,10,11). The third-order valence-electron chi connectivity index (χ3n) is 1.54. The molecular formula is C7H10ClN3O2S. The molecule has 0 aliphatic carbocycles. The molecule has 1 aromatic heterocycles. The summed E-state index contributed by atoms with van der Waals surface area (Å²) in [6.45, 7) is 3.26. The number of sulfonamides is 1. The minimum absolute atomic E-state index is 0.00227. The van der Waals surface area contributed by atoms with Crippen LogP contribution in [-0.4, -0.2) is 24.1 Å². The van der Waals surface area contributed by atoms with E-state index in [-0.39, 0.29) is 16.9 Å². The fourth-order valence-corrected chi connectivity index (χ4v) is 1.33. The maximum Gasteiger partial charge on any atom is 0.237 e. The summed E-state index contributed by atoms with van der Waals surface area (Å²) >= 11 is 5.70. The topological polar surface area (TPSA) is 72.0 Å². The van der Waals surface area contributed by atoms with E-state index in [1.807, 2.05) is 0 Å². The highest BCUT2D eigenvalue weighted by Crippen LogP contribution is 2.12. The second-order valence-corrected chi connectivity index (χ2v) is 5.04. The largest absolute Gasteiger partial charge is 0.251 e. The van der Waals surface area contributed by atoms with Gasteiger partial charge in [-0.05, 0) is 13.8 Å². The van der Waals surface area contributed by atoms with Crippen LogP contribution in [0.1, 0.15) is 12.5 Å². The lowest BCUT2D eigenvalue weighted by molar-refractivity contribution is 0.602. The van der Waals surface area contributed by atoms with E-state index in [1.165, 1.54) is 13.1 Å². The van der Waals surface area contributed by atoms with Gasteiger partial charge in [-0.1, -0.05) is 11.6 Å². The normalized spacial score (nSPS) is 11.4. The summed E-state index contributed by atoms with van der Waals surface area (Å²) in [6, 6.07) is 0. The SMILES string of the molecule is CCS(=O)(=O)Nc1ncc(C)c(Cl)n1. The van der Waals surface area contributed by atoms with E-state index in [0.29, 0.717) is 5.56 Å². The highest BCUT2D eigenvalue weighted by Gasteiger charge is 2.09. The van der Waals surface area contributed by atoms with E-state index in [9.17, 15) is 8.42 Å². The number of hydrogen-bond acceptors (Lipinski definition) is 4. The second kappa shape index (κ2) is 4.10. The van der Waals surface area contributed by atoms with Gasteiger partial charge in [0.05, 0.1) is 5.75 Å². The summed E-state index contributed by atoms with van der Waals surface area (Å²) < 4.78 is 24.5. The lowest BCUT2D eigenvalue weighted by atomic mass is 10.4. The lowest BCUT2D eigenvalue weighted by Crippen LogP contribution is -2.16. The van der Waals surface area contributed by atoms with Gasteiger partial charge < -0.3 is 0 Å². The number of hydrogen-bond donors (Lipinski definition) is 1. The molecule has 1 aromatic rings. The average Bonchev–Trinajstić information content (AvgIpc) is 2.11. The van der Waals surface area contributed by atoms with Crippen LogP contribution in [0.15, 0.2) is 6.20 Å². The summed E-state index contributed by atoms with van der Waals surface area (Å²) in [4.78, 5) is 7.56. The highest BCUT2D eigenvalue weighted by molar-refractivity contribution is 7.92. The van der Waals surface area contributed by atoms with Crippen LogP contribution in [-0.2, 0) is 10.0 Å². The molecule has 0 aliphatic rings. The molecule has 7 heteroatoms. The quantitative estimate of drug-likeness (QED) is 0.800. The van der Waals surface area contributed by atoms with Gasteiger partial charge in [-0.3, -0.25) is 4.72 Å². The van der Waals surface area contributed by atoms with Gasteiger partial charge in [0.1, 0.15) is 5.15 Å². The zero-order valence-corrected chi connectivity index (χ0v) is 9.35. The second-order valence-electron chi connectivity index (χ2n) is 2.67. The summed E-state index contributed by atoms with van der Waals surface area (Å²) in [5.41, 5.74) is 0.700. The molecule has 0 atom stereocenters. The van der Waals surface area contributed by atoms with Crippen LogP contribution in [0.2, 0.25) is 5.15 Å².